The predicted octanol–water partition coefficient (Wildman–Crippen LogP) is 3.71. The fourth-order valence-corrected chi connectivity index (χ4v) is 3.81. The fourth-order valence-electron chi connectivity index (χ4n) is 3.81. The summed E-state index contributed by atoms with van der Waals surface area (Å²) < 4.78 is 5.59. The van der Waals surface area contributed by atoms with Gasteiger partial charge < -0.3 is 15.0 Å². The lowest BCUT2D eigenvalue weighted by molar-refractivity contribution is 0.00466. The van der Waals surface area contributed by atoms with Crippen LogP contribution >= 0.6 is 0 Å². The Labute approximate surface area is 139 Å². The molecule has 2 fully saturated rings. The minimum atomic E-state index is -0.418. The molecule has 0 saturated carbocycles. The molecule has 2 aliphatic rings. The van der Waals surface area contributed by atoms with Crippen molar-refractivity contribution < 1.29 is 9.53 Å². The van der Waals surface area contributed by atoms with Crippen molar-refractivity contribution in [1.29, 1.82) is 0 Å². The number of piperidine rings is 1. The lowest BCUT2D eigenvalue weighted by atomic mass is 9.97. The van der Waals surface area contributed by atoms with Crippen LogP contribution in [0.3, 0.4) is 0 Å². The second kappa shape index (κ2) is 6.52. The van der Waals surface area contributed by atoms with Crippen LogP contribution in [-0.2, 0) is 11.3 Å². The SMILES string of the molecule is CC(C)(C)OC(=O)N1[C@@H]2CC[C@H]1C[C@@H](NCc1ccccc1)C2. The van der Waals surface area contributed by atoms with Crippen molar-refractivity contribution in [1.82, 2.24) is 10.2 Å². The Balaban J connectivity index is 1.55. The molecule has 2 saturated heterocycles. The number of benzene rings is 1. The van der Waals surface area contributed by atoms with Crippen LogP contribution in [0.2, 0.25) is 0 Å². The Morgan fingerprint density at radius 3 is 2.35 bits per heavy atom. The van der Waals surface area contributed by atoms with Gasteiger partial charge in [-0.05, 0) is 52.0 Å². The Kier molecular flexibility index (Phi) is 4.62. The summed E-state index contributed by atoms with van der Waals surface area (Å²) in [7, 11) is 0. The predicted molar refractivity (Wildman–Crippen MR) is 91.2 cm³/mol. The maximum atomic E-state index is 12.4. The highest BCUT2D eigenvalue weighted by Crippen LogP contribution is 2.36. The topological polar surface area (TPSA) is 41.6 Å². The van der Waals surface area contributed by atoms with Gasteiger partial charge in [0, 0.05) is 24.7 Å². The molecule has 0 aliphatic carbocycles. The molecule has 1 aromatic carbocycles. The first kappa shape index (κ1) is 16.3. The number of fused-ring (bicyclic) bond motifs is 2. The van der Waals surface area contributed by atoms with Crippen LogP contribution in [0.5, 0.6) is 0 Å². The van der Waals surface area contributed by atoms with Gasteiger partial charge in [0.1, 0.15) is 5.60 Å². The molecule has 3 rings (SSSR count). The first-order valence-electron chi connectivity index (χ1n) is 8.71. The van der Waals surface area contributed by atoms with Gasteiger partial charge in [-0.1, -0.05) is 30.3 Å². The summed E-state index contributed by atoms with van der Waals surface area (Å²) in [5, 5.41) is 3.67. The molecule has 0 unspecified atom stereocenters. The van der Waals surface area contributed by atoms with E-state index in [0.717, 1.165) is 32.2 Å². The molecule has 0 radical (unpaired) electrons. The summed E-state index contributed by atoms with van der Waals surface area (Å²) in [4.78, 5) is 14.4. The number of ether oxygens (including phenoxy) is 1. The van der Waals surface area contributed by atoms with Crippen LogP contribution in [0.15, 0.2) is 30.3 Å². The van der Waals surface area contributed by atoms with E-state index >= 15 is 0 Å². The van der Waals surface area contributed by atoms with Gasteiger partial charge in [0.25, 0.3) is 0 Å². The average molecular weight is 316 g/mol. The molecule has 126 valence electrons. The number of rotatable bonds is 3. The van der Waals surface area contributed by atoms with Gasteiger partial charge in [0.15, 0.2) is 0 Å². The number of amides is 1. The monoisotopic (exact) mass is 316 g/mol. The maximum Gasteiger partial charge on any atom is 0.410 e. The van der Waals surface area contributed by atoms with Crippen LogP contribution < -0.4 is 5.32 Å². The third kappa shape index (κ3) is 4.05. The van der Waals surface area contributed by atoms with E-state index in [4.69, 9.17) is 4.74 Å². The molecule has 0 spiro atoms. The number of hydrogen-bond donors (Lipinski definition) is 1. The minimum absolute atomic E-state index is 0.133. The van der Waals surface area contributed by atoms with Crippen LogP contribution in [0.25, 0.3) is 0 Å². The van der Waals surface area contributed by atoms with Crippen molar-refractivity contribution in [2.75, 3.05) is 0 Å². The van der Waals surface area contributed by atoms with E-state index < -0.39 is 5.60 Å². The maximum absolute atomic E-state index is 12.4. The van der Waals surface area contributed by atoms with E-state index in [-0.39, 0.29) is 6.09 Å². The highest BCUT2D eigenvalue weighted by atomic mass is 16.6. The van der Waals surface area contributed by atoms with Crippen LogP contribution in [0.1, 0.15) is 52.0 Å². The lowest BCUT2D eigenvalue weighted by Crippen LogP contribution is -2.52. The van der Waals surface area contributed by atoms with Crippen molar-refractivity contribution in [3.05, 3.63) is 35.9 Å². The Morgan fingerprint density at radius 1 is 1.17 bits per heavy atom. The normalized spacial score (nSPS) is 27.1. The third-order valence-corrected chi connectivity index (χ3v) is 4.78. The molecule has 2 bridgehead atoms. The molecule has 1 aromatic rings. The average Bonchev–Trinajstić information content (AvgIpc) is 2.76. The van der Waals surface area contributed by atoms with E-state index in [9.17, 15) is 4.79 Å². The Hall–Kier alpha value is -1.55. The van der Waals surface area contributed by atoms with Crippen molar-refractivity contribution in [2.45, 2.75) is 76.7 Å². The number of carbonyl (C=O) groups excluding carboxylic acids is 1. The third-order valence-electron chi connectivity index (χ3n) is 4.78. The second-order valence-corrected chi connectivity index (χ2v) is 7.81. The zero-order valence-corrected chi connectivity index (χ0v) is 14.4. The van der Waals surface area contributed by atoms with E-state index in [1.165, 1.54) is 5.56 Å². The molecule has 23 heavy (non-hydrogen) atoms. The summed E-state index contributed by atoms with van der Waals surface area (Å²) in [6.07, 6.45) is 4.14. The Bertz CT molecular complexity index is 524. The Morgan fingerprint density at radius 2 is 1.78 bits per heavy atom. The van der Waals surface area contributed by atoms with Gasteiger partial charge in [-0.25, -0.2) is 4.79 Å². The molecule has 1 N–H and O–H groups in total. The lowest BCUT2D eigenvalue weighted by Gasteiger charge is -2.39. The number of hydrogen-bond acceptors (Lipinski definition) is 3. The highest BCUT2D eigenvalue weighted by Gasteiger charge is 2.44. The number of nitrogens with zero attached hydrogens (tertiary/aromatic N) is 1. The minimum Gasteiger partial charge on any atom is -0.444 e. The quantitative estimate of drug-likeness (QED) is 0.924. The summed E-state index contributed by atoms with van der Waals surface area (Å²) in [6, 6.07) is 11.6. The molecular formula is C19H28N2O2. The van der Waals surface area contributed by atoms with Crippen molar-refractivity contribution in [3.63, 3.8) is 0 Å². The molecule has 2 aliphatic heterocycles. The van der Waals surface area contributed by atoms with Crippen LogP contribution in [-0.4, -0.2) is 34.7 Å². The van der Waals surface area contributed by atoms with E-state index in [2.05, 4.69) is 29.6 Å². The van der Waals surface area contributed by atoms with Gasteiger partial charge in [-0.3, -0.25) is 0 Å². The molecule has 1 amide bonds. The molecule has 2 heterocycles. The molecule has 4 heteroatoms. The zero-order chi connectivity index (χ0) is 16.4. The highest BCUT2D eigenvalue weighted by molar-refractivity contribution is 5.69. The smallest absolute Gasteiger partial charge is 0.410 e. The van der Waals surface area contributed by atoms with E-state index in [0.29, 0.717) is 18.1 Å². The van der Waals surface area contributed by atoms with Crippen molar-refractivity contribution in [2.24, 2.45) is 0 Å². The van der Waals surface area contributed by atoms with Gasteiger partial charge in [-0.15, -0.1) is 0 Å². The fraction of sp³-hybridized carbons (Fsp3) is 0.632. The van der Waals surface area contributed by atoms with Gasteiger partial charge >= 0.3 is 6.09 Å². The number of nitrogens with one attached hydrogen (secondary N) is 1. The van der Waals surface area contributed by atoms with Gasteiger partial charge in [0.05, 0.1) is 0 Å². The van der Waals surface area contributed by atoms with E-state index in [1.807, 2.05) is 31.7 Å². The number of carbonyl (C=O) groups is 1. The molecule has 4 nitrogen and oxygen atoms in total. The zero-order valence-electron chi connectivity index (χ0n) is 14.4. The summed E-state index contributed by atoms with van der Waals surface area (Å²) in [5.41, 5.74) is 0.897. The first-order valence-corrected chi connectivity index (χ1v) is 8.71. The standard InChI is InChI=1S/C19H28N2O2/c1-19(2,3)23-18(22)21-16-9-10-17(21)12-15(11-16)20-13-14-7-5-4-6-8-14/h4-8,15-17,20H,9-13H2,1-3H3/t15-,16+,17-. The van der Waals surface area contributed by atoms with Gasteiger partial charge in [-0.2, -0.15) is 0 Å². The van der Waals surface area contributed by atoms with Crippen molar-refractivity contribution in [3.8, 4) is 0 Å². The van der Waals surface area contributed by atoms with Crippen LogP contribution in [0.4, 0.5) is 4.79 Å². The van der Waals surface area contributed by atoms with Crippen LogP contribution in [0, 0.1) is 0 Å². The van der Waals surface area contributed by atoms with Crippen molar-refractivity contribution >= 4 is 6.09 Å². The molecule has 0 aromatic heterocycles. The summed E-state index contributed by atoms with van der Waals surface area (Å²) in [5.74, 6) is 0. The van der Waals surface area contributed by atoms with E-state index in [1.54, 1.807) is 0 Å². The summed E-state index contributed by atoms with van der Waals surface area (Å²) in [6.45, 7) is 6.69. The summed E-state index contributed by atoms with van der Waals surface area (Å²) >= 11 is 0. The second-order valence-electron chi connectivity index (χ2n) is 7.81. The molecular weight excluding hydrogens is 288 g/mol. The first-order chi connectivity index (χ1) is 10.9. The molecule has 3 atom stereocenters. The van der Waals surface area contributed by atoms with Gasteiger partial charge in [0.2, 0.25) is 0 Å². The largest absolute Gasteiger partial charge is 0.444 e.